The number of alkyl halides is 1. The van der Waals surface area contributed by atoms with E-state index in [4.69, 9.17) is 23.1 Å². The standard InChI is InChI=1S/C26H48ClN7O/c27-18-5-9-26(7-1-2-8-26)15-20(31-16-18)23(24(28)29)25(35)32-21-17-30-10-6-22(21)34-13-11-33(12-14-34)19-3-4-19/h18-24,30-31H,1-17,28-29H2,(H,32,35). The van der Waals surface area contributed by atoms with Crippen LogP contribution < -0.4 is 27.4 Å². The summed E-state index contributed by atoms with van der Waals surface area (Å²) < 4.78 is 0. The van der Waals surface area contributed by atoms with Crippen molar-refractivity contribution in [3.05, 3.63) is 0 Å². The summed E-state index contributed by atoms with van der Waals surface area (Å²) in [5.41, 5.74) is 12.9. The molecular formula is C26H48ClN7O. The Bertz CT molecular complexity index is 706. The lowest BCUT2D eigenvalue weighted by Crippen LogP contribution is -2.65. The molecule has 0 radical (unpaired) electrons. The van der Waals surface area contributed by atoms with Gasteiger partial charge in [0.1, 0.15) is 0 Å². The van der Waals surface area contributed by atoms with Crippen LogP contribution in [0.1, 0.15) is 64.2 Å². The fourth-order valence-corrected chi connectivity index (χ4v) is 7.72. The van der Waals surface area contributed by atoms with Gasteiger partial charge in [0.2, 0.25) is 5.91 Å². The van der Waals surface area contributed by atoms with E-state index in [1.807, 2.05) is 0 Å². The molecule has 3 aliphatic heterocycles. The zero-order valence-corrected chi connectivity index (χ0v) is 22.2. The Morgan fingerprint density at radius 1 is 0.971 bits per heavy atom. The van der Waals surface area contributed by atoms with E-state index < -0.39 is 12.1 Å². The van der Waals surface area contributed by atoms with Crippen LogP contribution in [0.3, 0.4) is 0 Å². The molecule has 1 amide bonds. The maximum absolute atomic E-state index is 13.8. The SMILES string of the molecule is NC(N)C(C(=O)NC1CNCCC1N1CCN(C2CC2)CC1)C1CC2(CCCC2)CCC(Cl)CN1. The number of rotatable bonds is 6. The normalized spacial score (nSPS) is 36.1. The summed E-state index contributed by atoms with van der Waals surface area (Å²) in [4.78, 5) is 19.1. The molecule has 3 heterocycles. The summed E-state index contributed by atoms with van der Waals surface area (Å²) in [5.74, 6) is -0.448. The van der Waals surface area contributed by atoms with Crippen LogP contribution in [0.2, 0.25) is 0 Å². The van der Waals surface area contributed by atoms with E-state index >= 15 is 0 Å². The molecule has 5 unspecified atom stereocenters. The number of halogens is 1. The quantitative estimate of drug-likeness (QED) is 0.266. The first-order valence-electron chi connectivity index (χ1n) is 14.3. The molecule has 0 aromatic rings. The maximum atomic E-state index is 13.8. The summed E-state index contributed by atoms with van der Waals surface area (Å²) in [6.07, 6.45) is 11.3. The van der Waals surface area contributed by atoms with Crippen molar-refractivity contribution >= 4 is 17.5 Å². The molecule has 9 heteroatoms. The number of hydrogen-bond donors (Lipinski definition) is 5. The first kappa shape index (κ1) is 26.1. The minimum atomic E-state index is -0.698. The number of carbonyl (C=O) groups is 1. The smallest absolute Gasteiger partial charge is 0.227 e. The van der Waals surface area contributed by atoms with E-state index in [0.717, 1.165) is 71.0 Å². The lowest BCUT2D eigenvalue weighted by atomic mass is 9.72. The molecule has 5 fully saturated rings. The Morgan fingerprint density at radius 2 is 1.69 bits per heavy atom. The number of hydrogen-bond acceptors (Lipinski definition) is 7. The van der Waals surface area contributed by atoms with Crippen LogP contribution in [-0.4, -0.2) is 97.2 Å². The van der Waals surface area contributed by atoms with E-state index in [1.165, 1.54) is 38.5 Å². The van der Waals surface area contributed by atoms with E-state index in [0.29, 0.717) is 12.6 Å². The predicted molar refractivity (Wildman–Crippen MR) is 141 cm³/mol. The van der Waals surface area contributed by atoms with Gasteiger partial charge in [-0.05, 0) is 63.3 Å². The molecule has 1 spiro atoms. The van der Waals surface area contributed by atoms with Crippen LogP contribution in [0.5, 0.6) is 0 Å². The fraction of sp³-hybridized carbons (Fsp3) is 0.962. The Morgan fingerprint density at radius 3 is 2.37 bits per heavy atom. The summed E-state index contributed by atoms with van der Waals surface area (Å²) in [6, 6.07) is 1.25. The largest absolute Gasteiger partial charge is 0.350 e. The van der Waals surface area contributed by atoms with Gasteiger partial charge in [0.25, 0.3) is 0 Å². The van der Waals surface area contributed by atoms with Gasteiger partial charge in [0, 0.05) is 62.8 Å². The molecule has 5 aliphatic rings. The van der Waals surface area contributed by atoms with Crippen molar-refractivity contribution in [2.45, 2.75) is 99.9 Å². The molecule has 0 aromatic carbocycles. The van der Waals surface area contributed by atoms with Gasteiger partial charge >= 0.3 is 0 Å². The lowest BCUT2D eigenvalue weighted by molar-refractivity contribution is -0.128. The Kier molecular flexibility index (Phi) is 8.59. The topological polar surface area (TPSA) is 112 Å². The second-order valence-corrected chi connectivity index (χ2v) is 12.8. The van der Waals surface area contributed by atoms with E-state index in [1.54, 1.807) is 0 Å². The van der Waals surface area contributed by atoms with Gasteiger partial charge in [-0.3, -0.25) is 14.6 Å². The number of piperidine rings is 1. The Balaban J connectivity index is 1.25. The van der Waals surface area contributed by atoms with E-state index in [-0.39, 0.29) is 28.8 Å². The van der Waals surface area contributed by atoms with Gasteiger partial charge in [0.15, 0.2) is 0 Å². The molecule has 5 atom stereocenters. The molecular weight excluding hydrogens is 462 g/mol. The molecule has 200 valence electrons. The Labute approximate surface area is 216 Å². The van der Waals surface area contributed by atoms with Crippen molar-refractivity contribution in [3.63, 3.8) is 0 Å². The monoisotopic (exact) mass is 509 g/mol. The van der Waals surface area contributed by atoms with Gasteiger partial charge in [0.05, 0.1) is 18.1 Å². The molecule has 2 saturated carbocycles. The number of carbonyl (C=O) groups excluding carboxylic acids is 1. The zero-order valence-electron chi connectivity index (χ0n) is 21.4. The highest BCUT2D eigenvalue weighted by Gasteiger charge is 2.44. The average molecular weight is 510 g/mol. The van der Waals surface area contributed by atoms with Gasteiger partial charge in [-0.1, -0.05) is 12.8 Å². The Hall–Kier alpha value is -0.480. The predicted octanol–water partition coefficient (Wildman–Crippen LogP) is 0.783. The highest BCUT2D eigenvalue weighted by Crippen LogP contribution is 2.47. The fourth-order valence-electron chi connectivity index (χ4n) is 7.53. The van der Waals surface area contributed by atoms with Gasteiger partial charge in [-0.15, -0.1) is 11.6 Å². The first-order chi connectivity index (χ1) is 16.9. The van der Waals surface area contributed by atoms with Crippen molar-refractivity contribution in [1.82, 2.24) is 25.8 Å². The van der Waals surface area contributed by atoms with E-state index in [9.17, 15) is 4.79 Å². The number of piperazine rings is 1. The van der Waals surface area contributed by atoms with Crippen LogP contribution in [0.25, 0.3) is 0 Å². The molecule has 5 rings (SSSR count). The van der Waals surface area contributed by atoms with Crippen molar-refractivity contribution in [1.29, 1.82) is 0 Å². The summed E-state index contributed by atoms with van der Waals surface area (Å²) in [6.45, 7) is 7.01. The summed E-state index contributed by atoms with van der Waals surface area (Å²) >= 11 is 6.64. The number of nitrogens with two attached hydrogens (primary N) is 2. The van der Waals surface area contributed by atoms with Crippen LogP contribution in [0, 0.1) is 11.3 Å². The maximum Gasteiger partial charge on any atom is 0.227 e. The van der Waals surface area contributed by atoms with Crippen LogP contribution in [-0.2, 0) is 4.79 Å². The molecule has 3 saturated heterocycles. The lowest BCUT2D eigenvalue weighted by Gasteiger charge is -2.45. The summed E-state index contributed by atoms with van der Waals surface area (Å²) in [7, 11) is 0. The molecule has 0 bridgehead atoms. The van der Waals surface area contributed by atoms with Crippen LogP contribution in [0.15, 0.2) is 0 Å². The highest BCUT2D eigenvalue weighted by molar-refractivity contribution is 6.20. The third-order valence-corrected chi connectivity index (χ3v) is 10.1. The molecule has 2 aliphatic carbocycles. The highest BCUT2D eigenvalue weighted by atomic mass is 35.5. The van der Waals surface area contributed by atoms with Gasteiger partial charge in [-0.25, -0.2) is 0 Å². The first-order valence-corrected chi connectivity index (χ1v) is 14.8. The molecule has 8 nitrogen and oxygen atoms in total. The van der Waals surface area contributed by atoms with Crippen molar-refractivity contribution < 1.29 is 4.79 Å². The minimum absolute atomic E-state index is 0.00709. The van der Waals surface area contributed by atoms with E-state index in [2.05, 4.69) is 25.8 Å². The molecule has 0 aromatic heterocycles. The van der Waals surface area contributed by atoms with Crippen LogP contribution >= 0.6 is 11.6 Å². The minimum Gasteiger partial charge on any atom is -0.350 e. The second kappa shape index (κ2) is 11.5. The average Bonchev–Trinajstić information content (AvgIpc) is 3.59. The van der Waals surface area contributed by atoms with Crippen LogP contribution in [0.4, 0.5) is 0 Å². The number of nitrogens with one attached hydrogen (secondary N) is 3. The number of nitrogens with zero attached hydrogens (tertiary/aromatic N) is 2. The van der Waals surface area contributed by atoms with Crippen molar-refractivity contribution in [2.75, 3.05) is 45.8 Å². The van der Waals surface area contributed by atoms with Gasteiger partial charge in [-0.2, -0.15) is 0 Å². The third-order valence-electron chi connectivity index (χ3n) is 9.71. The number of amides is 1. The second-order valence-electron chi connectivity index (χ2n) is 12.1. The zero-order chi connectivity index (χ0) is 24.4. The van der Waals surface area contributed by atoms with Crippen molar-refractivity contribution in [2.24, 2.45) is 22.8 Å². The van der Waals surface area contributed by atoms with Crippen molar-refractivity contribution in [3.8, 4) is 0 Å². The molecule has 35 heavy (non-hydrogen) atoms. The summed E-state index contributed by atoms with van der Waals surface area (Å²) in [5, 5.41) is 10.7. The molecule has 7 N–H and O–H groups in total. The van der Waals surface area contributed by atoms with Gasteiger partial charge < -0.3 is 27.4 Å². The third kappa shape index (κ3) is 6.33.